The number of hydrogen-bond donors (Lipinski definition) is 2. The van der Waals surface area contributed by atoms with E-state index >= 15 is 0 Å². The van der Waals surface area contributed by atoms with Crippen LogP contribution in [0, 0.1) is 17.8 Å². The Bertz CT molecular complexity index is 365. The SMILES string of the molecule is O=C(CNC1CCCCC1)NC12CC3CC(CC(C3)C1)C2. The Balaban J connectivity index is 1.30. The maximum absolute atomic E-state index is 12.4. The van der Waals surface area contributed by atoms with Crippen LogP contribution in [0.2, 0.25) is 0 Å². The molecule has 0 aliphatic heterocycles. The molecular formula is C18H30N2O. The standard InChI is InChI=1S/C18H30N2O/c21-17(12-19-16-4-2-1-3-5-16)20-18-9-13-6-14(10-18)8-15(7-13)11-18/h13-16,19H,1-12H2,(H,20,21). The molecule has 0 spiro atoms. The molecule has 5 fully saturated rings. The van der Waals surface area contributed by atoms with Crippen molar-refractivity contribution in [2.45, 2.75) is 82.2 Å². The van der Waals surface area contributed by atoms with E-state index in [4.69, 9.17) is 0 Å². The van der Waals surface area contributed by atoms with Crippen LogP contribution in [0.4, 0.5) is 0 Å². The second kappa shape index (κ2) is 5.57. The molecule has 5 saturated carbocycles. The van der Waals surface area contributed by atoms with E-state index in [1.807, 2.05) is 0 Å². The lowest BCUT2D eigenvalue weighted by molar-refractivity contribution is -0.126. The highest BCUT2D eigenvalue weighted by molar-refractivity contribution is 5.79. The fourth-order valence-electron chi connectivity index (χ4n) is 6.15. The number of rotatable bonds is 4. The molecule has 0 radical (unpaired) electrons. The van der Waals surface area contributed by atoms with Gasteiger partial charge in [-0.15, -0.1) is 0 Å². The number of carbonyl (C=O) groups is 1. The summed E-state index contributed by atoms with van der Waals surface area (Å²) in [7, 11) is 0. The van der Waals surface area contributed by atoms with Crippen LogP contribution in [0.1, 0.15) is 70.6 Å². The second-order valence-corrected chi connectivity index (χ2v) is 8.46. The second-order valence-electron chi connectivity index (χ2n) is 8.46. The van der Waals surface area contributed by atoms with Crippen molar-refractivity contribution in [1.29, 1.82) is 0 Å². The van der Waals surface area contributed by atoms with Gasteiger partial charge in [-0.05, 0) is 69.1 Å². The van der Waals surface area contributed by atoms with Gasteiger partial charge in [0.1, 0.15) is 0 Å². The maximum Gasteiger partial charge on any atom is 0.234 e. The third-order valence-corrected chi connectivity index (χ3v) is 6.60. The van der Waals surface area contributed by atoms with Crippen molar-refractivity contribution in [2.75, 3.05) is 6.54 Å². The first-order valence-corrected chi connectivity index (χ1v) is 9.25. The first kappa shape index (κ1) is 14.0. The summed E-state index contributed by atoms with van der Waals surface area (Å²) in [6, 6.07) is 0.584. The highest BCUT2D eigenvalue weighted by Crippen LogP contribution is 2.55. The minimum atomic E-state index is 0.181. The van der Waals surface area contributed by atoms with Crippen LogP contribution < -0.4 is 10.6 Å². The van der Waals surface area contributed by atoms with Crippen molar-refractivity contribution in [3.05, 3.63) is 0 Å². The van der Waals surface area contributed by atoms with Crippen LogP contribution in [0.5, 0.6) is 0 Å². The van der Waals surface area contributed by atoms with Crippen molar-refractivity contribution in [3.8, 4) is 0 Å². The molecule has 0 aromatic heterocycles. The van der Waals surface area contributed by atoms with Crippen molar-refractivity contribution in [2.24, 2.45) is 17.8 Å². The summed E-state index contributed by atoms with van der Waals surface area (Å²) < 4.78 is 0. The van der Waals surface area contributed by atoms with Crippen molar-refractivity contribution in [3.63, 3.8) is 0 Å². The molecule has 3 nitrogen and oxygen atoms in total. The highest BCUT2D eigenvalue weighted by atomic mass is 16.2. The van der Waals surface area contributed by atoms with Crippen LogP contribution in [0.15, 0.2) is 0 Å². The lowest BCUT2D eigenvalue weighted by atomic mass is 9.53. The third-order valence-electron chi connectivity index (χ3n) is 6.60. The topological polar surface area (TPSA) is 41.1 Å². The van der Waals surface area contributed by atoms with Gasteiger partial charge in [0.15, 0.2) is 0 Å². The van der Waals surface area contributed by atoms with E-state index in [1.54, 1.807) is 0 Å². The molecule has 0 heterocycles. The van der Waals surface area contributed by atoms with Crippen LogP contribution in [0.25, 0.3) is 0 Å². The molecule has 2 N–H and O–H groups in total. The van der Waals surface area contributed by atoms with E-state index in [2.05, 4.69) is 10.6 Å². The van der Waals surface area contributed by atoms with E-state index in [1.165, 1.54) is 70.6 Å². The van der Waals surface area contributed by atoms with E-state index in [-0.39, 0.29) is 11.4 Å². The van der Waals surface area contributed by atoms with Crippen LogP contribution in [0.3, 0.4) is 0 Å². The van der Waals surface area contributed by atoms with Crippen LogP contribution in [-0.4, -0.2) is 24.0 Å². The van der Waals surface area contributed by atoms with Gasteiger partial charge in [0.25, 0.3) is 0 Å². The molecular weight excluding hydrogens is 260 g/mol. The van der Waals surface area contributed by atoms with Crippen molar-refractivity contribution < 1.29 is 4.79 Å². The lowest BCUT2D eigenvalue weighted by Crippen LogP contribution is -2.61. The minimum absolute atomic E-state index is 0.181. The zero-order chi connectivity index (χ0) is 14.3. The summed E-state index contributed by atoms with van der Waals surface area (Å²) >= 11 is 0. The first-order chi connectivity index (χ1) is 10.2. The molecule has 1 amide bonds. The largest absolute Gasteiger partial charge is 0.350 e. The minimum Gasteiger partial charge on any atom is -0.350 e. The predicted molar refractivity (Wildman–Crippen MR) is 83.9 cm³/mol. The molecule has 3 heteroatoms. The Morgan fingerprint density at radius 3 is 2.05 bits per heavy atom. The Morgan fingerprint density at radius 2 is 1.48 bits per heavy atom. The Morgan fingerprint density at radius 1 is 0.905 bits per heavy atom. The maximum atomic E-state index is 12.4. The quantitative estimate of drug-likeness (QED) is 0.835. The van der Waals surface area contributed by atoms with Gasteiger partial charge < -0.3 is 10.6 Å². The lowest BCUT2D eigenvalue weighted by Gasteiger charge is -2.56. The Kier molecular flexibility index (Phi) is 3.72. The molecule has 0 atom stereocenters. The zero-order valence-electron chi connectivity index (χ0n) is 13.2. The zero-order valence-corrected chi connectivity index (χ0v) is 13.2. The number of hydrogen-bond acceptors (Lipinski definition) is 2. The number of carbonyl (C=O) groups excluding carboxylic acids is 1. The fourth-order valence-corrected chi connectivity index (χ4v) is 6.15. The molecule has 21 heavy (non-hydrogen) atoms. The van der Waals surface area contributed by atoms with Gasteiger partial charge in [-0.3, -0.25) is 4.79 Å². The molecule has 4 bridgehead atoms. The summed E-state index contributed by atoms with van der Waals surface area (Å²) in [6.07, 6.45) is 14.6. The van der Waals surface area contributed by atoms with E-state index in [0.29, 0.717) is 12.6 Å². The third kappa shape index (κ3) is 2.99. The van der Waals surface area contributed by atoms with Gasteiger partial charge in [0, 0.05) is 11.6 Å². The molecule has 0 saturated heterocycles. The summed E-state index contributed by atoms with van der Waals surface area (Å²) in [5, 5.41) is 6.95. The summed E-state index contributed by atoms with van der Waals surface area (Å²) in [4.78, 5) is 12.4. The smallest absolute Gasteiger partial charge is 0.234 e. The van der Waals surface area contributed by atoms with Gasteiger partial charge in [-0.2, -0.15) is 0 Å². The highest BCUT2D eigenvalue weighted by Gasteiger charge is 2.51. The summed E-state index contributed by atoms with van der Waals surface area (Å²) in [5.41, 5.74) is 0.181. The molecule has 5 aliphatic carbocycles. The average Bonchev–Trinajstić information content (AvgIpc) is 2.44. The van der Waals surface area contributed by atoms with Gasteiger partial charge in [0.2, 0.25) is 5.91 Å². The Hall–Kier alpha value is -0.570. The predicted octanol–water partition coefficient (Wildman–Crippen LogP) is 2.99. The van der Waals surface area contributed by atoms with Gasteiger partial charge in [-0.25, -0.2) is 0 Å². The molecule has 118 valence electrons. The van der Waals surface area contributed by atoms with E-state index in [0.717, 1.165) is 17.8 Å². The van der Waals surface area contributed by atoms with Gasteiger partial charge in [0.05, 0.1) is 6.54 Å². The molecule has 0 unspecified atom stereocenters. The monoisotopic (exact) mass is 290 g/mol. The van der Waals surface area contributed by atoms with Gasteiger partial charge >= 0.3 is 0 Å². The van der Waals surface area contributed by atoms with E-state index in [9.17, 15) is 4.79 Å². The normalized spacial score (nSPS) is 42.2. The van der Waals surface area contributed by atoms with Crippen LogP contribution >= 0.6 is 0 Å². The van der Waals surface area contributed by atoms with Crippen molar-refractivity contribution in [1.82, 2.24) is 10.6 Å². The van der Waals surface area contributed by atoms with Crippen molar-refractivity contribution >= 4 is 5.91 Å². The van der Waals surface area contributed by atoms with Gasteiger partial charge in [-0.1, -0.05) is 19.3 Å². The molecule has 5 rings (SSSR count). The molecule has 0 aromatic carbocycles. The summed E-state index contributed by atoms with van der Waals surface area (Å²) in [6.45, 7) is 0.534. The number of nitrogens with one attached hydrogen (secondary N) is 2. The number of amides is 1. The first-order valence-electron chi connectivity index (χ1n) is 9.25. The molecule has 0 aromatic rings. The van der Waals surface area contributed by atoms with Crippen LogP contribution in [-0.2, 0) is 4.79 Å². The average molecular weight is 290 g/mol. The molecule has 5 aliphatic rings. The fraction of sp³-hybridized carbons (Fsp3) is 0.944. The Labute approximate surface area is 128 Å². The summed E-state index contributed by atoms with van der Waals surface area (Å²) in [5.74, 6) is 2.97. The van der Waals surface area contributed by atoms with E-state index < -0.39 is 0 Å².